The summed E-state index contributed by atoms with van der Waals surface area (Å²) < 4.78 is 18.4. The van der Waals surface area contributed by atoms with E-state index < -0.39 is 16.4 Å². The van der Waals surface area contributed by atoms with Crippen molar-refractivity contribution in [3.63, 3.8) is 0 Å². The molecule has 1 N–H and O–H groups in total. The first-order valence-electron chi connectivity index (χ1n) is 8.18. The molecular formula is C19H18O3S. The lowest BCUT2D eigenvalue weighted by Gasteiger charge is -2.36. The Balaban J connectivity index is 1.72. The average Bonchev–Trinajstić information content (AvgIpc) is 3.02. The first kappa shape index (κ1) is 13.8. The van der Waals surface area contributed by atoms with Crippen LogP contribution in [0.4, 0.5) is 0 Å². The van der Waals surface area contributed by atoms with E-state index >= 15 is 0 Å². The van der Waals surface area contributed by atoms with Gasteiger partial charge < -0.3 is 9.52 Å². The predicted molar refractivity (Wildman–Crippen MR) is 91.8 cm³/mol. The molecule has 4 heteroatoms. The van der Waals surface area contributed by atoms with E-state index in [2.05, 4.69) is 6.07 Å². The number of hydrogen-bond donors (Lipinski definition) is 1. The van der Waals surface area contributed by atoms with Crippen molar-refractivity contribution >= 4 is 32.7 Å². The van der Waals surface area contributed by atoms with Gasteiger partial charge in [0.25, 0.3) is 0 Å². The summed E-state index contributed by atoms with van der Waals surface area (Å²) in [5.74, 6) is 0. The molecule has 3 heterocycles. The summed E-state index contributed by atoms with van der Waals surface area (Å²) in [7, 11) is -0.778. The number of benzene rings is 2. The predicted octanol–water partition coefficient (Wildman–Crippen LogP) is 3.85. The highest BCUT2D eigenvalue weighted by molar-refractivity contribution is 7.86. The molecule has 0 saturated carbocycles. The smallest absolute Gasteiger partial charge is 0.141 e. The zero-order valence-electron chi connectivity index (χ0n) is 12.7. The molecule has 2 aromatic carbocycles. The molecule has 0 aliphatic carbocycles. The lowest BCUT2D eigenvalue weighted by atomic mass is 9.85. The van der Waals surface area contributed by atoms with Gasteiger partial charge in [-0.15, -0.1) is 0 Å². The maximum atomic E-state index is 12.3. The van der Waals surface area contributed by atoms with Crippen LogP contribution >= 0.6 is 0 Å². The normalized spacial score (nSPS) is 33.5. The van der Waals surface area contributed by atoms with Crippen LogP contribution in [-0.2, 0) is 16.4 Å². The molecular weight excluding hydrogens is 308 g/mol. The number of hydrogen-bond acceptors (Lipinski definition) is 3. The van der Waals surface area contributed by atoms with Gasteiger partial charge in [0.05, 0.1) is 5.60 Å². The molecule has 2 aliphatic rings. The SMILES string of the molecule is O=S1C2CCC1CC(O)(c1cccc3c1oc1ccccc13)C2. The second-order valence-corrected chi connectivity index (χ2v) is 8.86. The largest absolute Gasteiger partial charge is 0.456 e. The molecule has 3 aromatic rings. The van der Waals surface area contributed by atoms with Gasteiger partial charge in [-0.3, -0.25) is 4.21 Å². The van der Waals surface area contributed by atoms with Gasteiger partial charge >= 0.3 is 0 Å². The number of rotatable bonds is 1. The molecule has 0 spiro atoms. The maximum Gasteiger partial charge on any atom is 0.141 e. The van der Waals surface area contributed by atoms with E-state index in [0.717, 1.165) is 40.3 Å². The number of para-hydroxylation sites is 2. The van der Waals surface area contributed by atoms with Crippen molar-refractivity contribution in [1.82, 2.24) is 0 Å². The van der Waals surface area contributed by atoms with Gasteiger partial charge in [-0.25, -0.2) is 0 Å². The van der Waals surface area contributed by atoms with E-state index in [1.54, 1.807) is 0 Å². The summed E-state index contributed by atoms with van der Waals surface area (Å²) in [6.45, 7) is 0. The first-order valence-corrected chi connectivity index (χ1v) is 9.46. The van der Waals surface area contributed by atoms with E-state index in [1.807, 2.05) is 36.4 Å². The van der Waals surface area contributed by atoms with Crippen LogP contribution in [0.25, 0.3) is 21.9 Å². The van der Waals surface area contributed by atoms with Gasteiger partial charge in [0, 0.05) is 37.6 Å². The van der Waals surface area contributed by atoms with Gasteiger partial charge in [0.1, 0.15) is 11.2 Å². The van der Waals surface area contributed by atoms with Gasteiger partial charge in [0.15, 0.2) is 0 Å². The minimum absolute atomic E-state index is 0.124. The van der Waals surface area contributed by atoms with Crippen LogP contribution in [-0.4, -0.2) is 19.8 Å². The third-order valence-corrected chi connectivity index (χ3v) is 7.62. The van der Waals surface area contributed by atoms with Crippen LogP contribution in [0.3, 0.4) is 0 Å². The van der Waals surface area contributed by atoms with Crippen LogP contribution in [0.1, 0.15) is 31.2 Å². The Morgan fingerprint density at radius 3 is 2.48 bits per heavy atom. The third kappa shape index (κ3) is 1.88. The van der Waals surface area contributed by atoms with Gasteiger partial charge in [0.2, 0.25) is 0 Å². The highest BCUT2D eigenvalue weighted by Gasteiger charge is 2.49. The molecule has 2 aliphatic heterocycles. The van der Waals surface area contributed by atoms with Gasteiger partial charge in [-0.1, -0.05) is 36.4 Å². The highest BCUT2D eigenvalue weighted by Crippen LogP contribution is 2.48. The molecule has 2 fully saturated rings. The lowest BCUT2D eigenvalue weighted by molar-refractivity contribution is 0.0191. The first-order chi connectivity index (χ1) is 11.2. The fourth-order valence-electron chi connectivity index (χ4n) is 4.41. The van der Waals surface area contributed by atoms with Crippen molar-refractivity contribution < 1.29 is 13.7 Å². The Bertz CT molecular complexity index is 926. The summed E-state index contributed by atoms with van der Waals surface area (Å²) >= 11 is 0. The monoisotopic (exact) mass is 326 g/mol. The fourth-order valence-corrected chi connectivity index (χ4v) is 6.58. The van der Waals surface area contributed by atoms with Crippen molar-refractivity contribution in [2.24, 2.45) is 0 Å². The molecule has 2 unspecified atom stereocenters. The molecule has 118 valence electrons. The summed E-state index contributed by atoms with van der Waals surface area (Å²) in [5, 5.41) is 13.7. The number of furan rings is 1. The topological polar surface area (TPSA) is 50.4 Å². The molecule has 0 amide bonds. The van der Waals surface area contributed by atoms with E-state index in [-0.39, 0.29) is 10.5 Å². The molecule has 23 heavy (non-hydrogen) atoms. The Labute approximate surface area is 136 Å². The van der Waals surface area contributed by atoms with Crippen LogP contribution in [0.2, 0.25) is 0 Å². The minimum Gasteiger partial charge on any atom is -0.456 e. The Morgan fingerprint density at radius 1 is 1.00 bits per heavy atom. The Hall–Kier alpha value is -1.65. The van der Waals surface area contributed by atoms with Crippen LogP contribution in [0.5, 0.6) is 0 Å². The molecule has 2 bridgehead atoms. The fraction of sp³-hybridized carbons (Fsp3) is 0.368. The average molecular weight is 326 g/mol. The molecule has 5 rings (SSSR count). The number of aliphatic hydroxyl groups is 1. The standard InChI is InChI=1S/C19H18O3S/c20-19(10-12-8-9-13(11-19)23(12)21)16-6-3-5-15-14-4-1-2-7-17(14)22-18(15)16/h1-7,12-13,20H,8-11H2. The molecule has 1 aromatic heterocycles. The highest BCUT2D eigenvalue weighted by atomic mass is 32.2. The van der Waals surface area contributed by atoms with Gasteiger partial charge in [-0.05, 0) is 31.7 Å². The summed E-state index contributed by atoms with van der Waals surface area (Å²) in [4.78, 5) is 0. The van der Waals surface area contributed by atoms with Crippen molar-refractivity contribution in [2.45, 2.75) is 41.8 Å². The summed E-state index contributed by atoms with van der Waals surface area (Å²) in [6.07, 6.45) is 3.09. The van der Waals surface area contributed by atoms with E-state index in [9.17, 15) is 9.32 Å². The minimum atomic E-state index is -0.923. The van der Waals surface area contributed by atoms with Crippen LogP contribution in [0, 0.1) is 0 Å². The molecule has 2 saturated heterocycles. The van der Waals surface area contributed by atoms with Crippen LogP contribution in [0.15, 0.2) is 46.9 Å². The van der Waals surface area contributed by atoms with E-state index in [4.69, 9.17) is 4.42 Å². The lowest BCUT2D eigenvalue weighted by Crippen LogP contribution is -2.40. The van der Waals surface area contributed by atoms with Crippen molar-refractivity contribution in [2.75, 3.05) is 0 Å². The zero-order chi connectivity index (χ0) is 15.6. The summed E-state index contributed by atoms with van der Waals surface area (Å²) in [6, 6.07) is 14.0. The van der Waals surface area contributed by atoms with E-state index in [0.29, 0.717) is 12.8 Å². The van der Waals surface area contributed by atoms with Gasteiger partial charge in [-0.2, -0.15) is 0 Å². The van der Waals surface area contributed by atoms with Crippen molar-refractivity contribution in [1.29, 1.82) is 0 Å². The second kappa shape index (κ2) is 4.68. The Morgan fingerprint density at radius 2 is 1.70 bits per heavy atom. The van der Waals surface area contributed by atoms with E-state index in [1.165, 1.54) is 0 Å². The zero-order valence-corrected chi connectivity index (χ0v) is 13.5. The molecule has 3 nitrogen and oxygen atoms in total. The molecule has 0 radical (unpaired) electrons. The van der Waals surface area contributed by atoms with Crippen molar-refractivity contribution in [3.05, 3.63) is 48.0 Å². The Kier molecular flexibility index (Phi) is 2.80. The van der Waals surface area contributed by atoms with Crippen LogP contribution < -0.4 is 0 Å². The maximum absolute atomic E-state index is 12.3. The third-order valence-electron chi connectivity index (χ3n) is 5.50. The quantitative estimate of drug-likeness (QED) is 0.739. The molecule has 2 atom stereocenters. The van der Waals surface area contributed by atoms with Crippen molar-refractivity contribution in [3.8, 4) is 0 Å². The summed E-state index contributed by atoms with van der Waals surface area (Å²) in [5.41, 5.74) is 1.57. The number of fused-ring (bicyclic) bond motifs is 5. The second-order valence-electron chi connectivity index (χ2n) is 6.87.